The number of rotatable bonds is 20. The molecule has 0 amide bonds. The van der Waals surface area contributed by atoms with E-state index in [1.54, 1.807) is 0 Å². The van der Waals surface area contributed by atoms with Crippen molar-refractivity contribution in [2.75, 3.05) is 0 Å². The molecule has 6 rings (SSSR count). The third-order valence-corrected chi connectivity index (χ3v) is 40.0. The monoisotopic (exact) mass is 978 g/mol. The Morgan fingerprint density at radius 2 is 0.397 bits per heavy atom. The number of hydrogen-bond acceptors (Lipinski definition) is 7. The summed E-state index contributed by atoms with van der Waals surface area (Å²) in [6.45, 7) is 26.1. The lowest BCUT2D eigenvalue weighted by atomic mass is 10.4. The molecule has 6 aromatic carbocycles. The van der Waals surface area contributed by atoms with Gasteiger partial charge in [0, 0.05) is 0 Å². The molecule has 0 aliphatic carbocycles. The van der Waals surface area contributed by atoms with Gasteiger partial charge in [-0.2, -0.15) is 0 Å². The maximum absolute atomic E-state index is 8.52. The molecule has 0 fully saturated rings. The molecule has 0 N–H and O–H groups in total. The SMILES string of the molecule is C[Si](C)(C)O[Si](C)(C)O[Si](C)(C)O[Si](C)(C)O[Si](O[Si](O[Si](O[Si](C)(C)C)(c1ccccc1)c1ccccc1)(c1ccccc1)c1ccccc1)(c1ccccc1)c1ccccc1. The zero-order valence-corrected chi connectivity index (χ0v) is 47.2. The van der Waals surface area contributed by atoms with Gasteiger partial charge >= 0.3 is 51.4 Å². The fourth-order valence-electron chi connectivity index (χ4n) is 8.38. The molecule has 0 aromatic heterocycles. The molecule has 7 nitrogen and oxygen atoms in total. The van der Waals surface area contributed by atoms with Gasteiger partial charge in [-0.25, -0.2) is 0 Å². The minimum atomic E-state index is -4.04. The highest BCUT2D eigenvalue weighted by Crippen LogP contribution is 2.31. The molecule has 0 bridgehead atoms. The Morgan fingerprint density at radius 3 is 0.635 bits per heavy atom. The van der Waals surface area contributed by atoms with Gasteiger partial charge in [0.1, 0.15) is 0 Å². The molecule has 0 unspecified atom stereocenters. The molecule has 0 heterocycles. The summed E-state index contributed by atoms with van der Waals surface area (Å²) >= 11 is 0. The zero-order chi connectivity index (χ0) is 45.6. The van der Waals surface area contributed by atoms with Gasteiger partial charge in [-0.1, -0.05) is 182 Å². The van der Waals surface area contributed by atoms with Crippen LogP contribution in [0.15, 0.2) is 182 Å². The normalized spacial score (nSPS) is 13.5. The van der Waals surface area contributed by atoms with E-state index in [-0.39, 0.29) is 0 Å². The molecule has 0 saturated carbocycles. The van der Waals surface area contributed by atoms with Crippen LogP contribution in [0.2, 0.25) is 78.6 Å². The molecule has 0 saturated heterocycles. The average molecular weight is 980 g/mol. The van der Waals surface area contributed by atoms with Crippen molar-refractivity contribution >= 4 is 99.1 Å². The summed E-state index contributed by atoms with van der Waals surface area (Å²) in [5.41, 5.74) is 0. The summed E-state index contributed by atoms with van der Waals surface area (Å²) in [5, 5.41) is 5.80. The Kier molecular flexibility index (Phi) is 15.4. The van der Waals surface area contributed by atoms with E-state index < -0.39 is 68.0 Å². The first-order valence-electron chi connectivity index (χ1n) is 21.8. The van der Waals surface area contributed by atoms with E-state index in [9.17, 15) is 0 Å². The molecule has 0 spiro atoms. The molecule has 0 aliphatic rings. The fourth-order valence-corrected chi connectivity index (χ4v) is 46.9. The third kappa shape index (κ3) is 12.6. The quantitative estimate of drug-likeness (QED) is 0.0711. The van der Waals surface area contributed by atoms with Gasteiger partial charge in [-0.3, -0.25) is 0 Å². The molecule has 63 heavy (non-hydrogen) atoms. The van der Waals surface area contributed by atoms with Gasteiger partial charge in [0.2, 0.25) is 0 Å². The summed E-state index contributed by atoms with van der Waals surface area (Å²) < 4.78 is 53.7. The van der Waals surface area contributed by atoms with Gasteiger partial charge in [0.15, 0.2) is 16.6 Å². The zero-order valence-electron chi connectivity index (χ0n) is 39.2. The van der Waals surface area contributed by atoms with Crippen molar-refractivity contribution in [1.29, 1.82) is 0 Å². The molecule has 15 heteroatoms. The average Bonchev–Trinajstić information content (AvgIpc) is 3.22. The molecule has 0 atom stereocenters. The Morgan fingerprint density at radius 1 is 0.206 bits per heavy atom. The smallest absolute Gasteiger partial charge is 0.390 e. The van der Waals surface area contributed by atoms with Gasteiger partial charge in [-0.15, -0.1) is 0 Å². The Bertz CT molecular complexity index is 2210. The van der Waals surface area contributed by atoms with Gasteiger partial charge < -0.3 is 28.8 Å². The van der Waals surface area contributed by atoms with E-state index >= 15 is 0 Å². The van der Waals surface area contributed by atoms with E-state index in [1.165, 1.54) is 0 Å². The number of hydrogen-bond donors (Lipinski definition) is 0. The molecule has 332 valence electrons. The van der Waals surface area contributed by atoms with Gasteiger partial charge in [-0.05, 0) is 110 Å². The van der Waals surface area contributed by atoms with Gasteiger partial charge in [0.25, 0.3) is 0 Å². The molecular weight excluding hydrogens is 913 g/mol. The van der Waals surface area contributed by atoms with Crippen LogP contribution in [0.5, 0.6) is 0 Å². The highest BCUT2D eigenvalue weighted by Gasteiger charge is 2.62. The van der Waals surface area contributed by atoms with E-state index in [4.69, 9.17) is 28.8 Å². The van der Waals surface area contributed by atoms with Crippen molar-refractivity contribution in [2.24, 2.45) is 0 Å². The van der Waals surface area contributed by atoms with Crippen LogP contribution < -0.4 is 31.1 Å². The minimum Gasteiger partial charge on any atom is -0.437 e. The predicted octanol–water partition coefficient (Wildman–Crippen LogP) is 8.65. The maximum Gasteiger partial charge on any atom is 0.390 e. The van der Waals surface area contributed by atoms with E-state index in [2.05, 4.69) is 236 Å². The van der Waals surface area contributed by atoms with Crippen LogP contribution >= 0.6 is 0 Å². The van der Waals surface area contributed by atoms with Crippen LogP contribution in [0.25, 0.3) is 0 Å². The Balaban J connectivity index is 1.68. The summed E-state index contributed by atoms with van der Waals surface area (Å²) in [4.78, 5) is 0. The van der Waals surface area contributed by atoms with Crippen molar-refractivity contribution < 1.29 is 28.8 Å². The number of benzene rings is 6. The molecule has 6 aromatic rings. The standard InChI is InChI=1S/C48H66O7Si8/c1-56(2,3)49-58(7,8)51-59(9,10)52-60(11,12)53-62(45-35-23-15-24-36-45,46-37-25-16-26-38-46)55-63(47-39-27-17-28-40-47,48-41-29-18-30-42-48)54-61(50-57(4,5)6,43-31-19-13-20-32-43)44-33-21-14-22-34-44/h13-42H,1-12H3. The lowest BCUT2D eigenvalue weighted by Crippen LogP contribution is -2.82. The summed E-state index contributed by atoms with van der Waals surface area (Å²) in [5.74, 6) is 0. The highest BCUT2D eigenvalue weighted by molar-refractivity contribution is 7.11. The van der Waals surface area contributed by atoms with E-state index in [1.807, 2.05) is 24.3 Å². The topological polar surface area (TPSA) is 64.6 Å². The second kappa shape index (κ2) is 19.7. The third-order valence-electron chi connectivity index (χ3n) is 9.87. The highest BCUT2D eigenvalue weighted by atomic mass is 28.5. The first kappa shape index (κ1) is 49.2. The van der Waals surface area contributed by atoms with Crippen LogP contribution in [0, 0.1) is 0 Å². The van der Waals surface area contributed by atoms with Crippen molar-refractivity contribution in [3.63, 3.8) is 0 Å². The maximum atomic E-state index is 8.52. The molecule has 0 radical (unpaired) electrons. The fraction of sp³-hybridized carbons (Fsp3) is 0.250. The predicted molar refractivity (Wildman–Crippen MR) is 280 cm³/mol. The minimum absolute atomic E-state index is 0.945. The van der Waals surface area contributed by atoms with Crippen molar-refractivity contribution in [2.45, 2.75) is 78.6 Å². The first-order chi connectivity index (χ1) is 29.6. The van der Waals surface area contributed by atoms with Crippen molar-refractivity contribution in [1.82, 2.24) is 0 Å². The van der Waals surface area contributed by atoms with Crippen molar-refractivity contribution in [3.05, 3.63) is 182 Å². The largest absolute Gasteiger partial charge is 0.437 e. The summed E-state index contributed by atoms with van der Waals surface area (Å²) in [6, 6.07) is 63.1. The van der Waals surface area contributed by atoms with Crippen LogP contribution in [0.3, 0.4) is 0 Å². The van der Waals surface area contributed by atoms with Gasteiger partial charge in [0.05, 0.1) is 0 Å². The second-order valence-corrected chi connectivity index (χ2v) is 48.9. The van der Waals surface area contributed by atoms with Crippen LogP contribution in [0.4, 0.5) is 0 Å². The molecule has 0 aliphatic heterocycles. The first-order valence-corrected chi connectivity index (χ1v) is 42.5. The van der Waals surface area contributed by atoms with Crippen LogP contribution in [-0.4, -0.2) is 68.0 Å². The Labute approximate surface area is 386 Å². The summed E-state index contributed by atoms with van der Waals surface area (Å²) in [6.07, 6.45) is 0. The van der Waals surface area contributed by atoms with E-state index in [0.29, 0.717) is 0 Å². The van der Waals surface area contributed by atoms with E-state index in [0.717, 1.165) is 31.1 Å². The lowest BCUT2D eigenvalue weighted by molar-refractivity contribution is 0.277. The van der Waals surface area contributed by atoms with Crippen LogP contribution in [0.1, 0.15) is 0 Å². The van der Waals surface area contributed by atoms with Crippen molar-refractivity contribution in [3.8, 4) is 0 Å². The summed E-state index contributed by atoms with van der Waals surface area (Å²) in [7, 11) is -24.6. The van der Waals surface area contributed by atoms with Crippen LogP contribution in [-0.2, 0) is 28.8 Å². The second-order valence-electron chi connectivity index (χ2n) is 19.2. The Hall–Kier alpha value is -3.22. The molecular formula is C48H66O7Si8. The lowest BCUT2D eigenvalue weighted by Gasteiger charge is -2.49.